The molecule has 0 spiro atoms. The van der Waals surface area contributed by atoms with Crippen LogP contribution in [0, 0.1) is 0 Å². The number of allylic oxidation sites excluding steroid dienone is 1. The third kappa shape index (κ3) is 3.30. The summed E-state index contributed by atoms with van der Waals surface area (Å²) >= 11 is 5.92. The number of fused-ring (bicyclic) bond motifs is 1. The number of benzene rings is 2. The van der Waals surface area contributed by atoms with Gasteiger partial charge in [0.05, 0.1) is 28.4 Å². The Morgan fingerprint density at radius 2 is 2.17 bits per heavy atom. The first kappa shape index (κ1) is 15.8. The Morgan fingerprint density at radius 1 is 1.35 bits per heavy atom. The van der Waals surface area contributed by atoms with Crippen molar-refractivity contribution in [2.24, 2.45) is 0 Å². The highest BCUT2D eigenvalue weighted by Crippen LogP contribution is 2.35. The summed E-state index contributed by atoms with van der Waals surface area (Å²) in [4.78, 5) is 13.0. The fraction of sp³-hybridized carbons (Fsp3) is 0.118. The summed E-state index contributed by atoms with van der Waals surface area (Å²) in [7, 11) is 0.228. The van der Waals surface area contributed by atoms with Crippen LogP contribution in [-0.4, -0.2) is 23.0 Å². The minimum Gasteiger partial charge on any atom is -0.496 e. The molecule has 0 bridgehead atoms. The molecule has 0 aliphatic carbocycles. The van der Waals surface area contributed by atoms with Gasteiger partial charge in [0.25, 0.3) is 0 Å². The van der Waals surface area contributed by atoms with Crippen molar-refractivity contribution in [1.29, 1.82) is 0 Å². The third-order valence-electron chi connectivity index (χ3n) is 3.37. The van der Waals surface area contributed by atoms with Gasteiger partial charge in [-0.3, -0.25) is 9.00 Å². The van der Waals surface area contributed by atoms with Crippen LogP contribution in [0.3, 0.4) is 0 Å². The smallest absolute Gasteiger partial charge is 0.189 e. The van der Waals surface area contributed by atoms with Gasteiger partial charge in [-0.05, 0) is 29.8 Å². The zero-order valence-corrected chi connectivity index (χ0v) is 13.8. The Kier molecular flexibility index (Phi) is 4.50. The number of carbonyl (C=O) groups excluding carboxylic acids is 1. The van der Waals surface area contributed by atoms with Crippen molar-refractivity contribution >= 4 is 34.3 Å². The molecule has 1 aliphatic heterocycles. The Balaban J connectivity index is 1.93. The van der Waals surface area contributed by atoms with Crippen LogP contribution in [0.1, 0.15) is 15.9 Å². The topological polar surface area (TPSA) is 52.6 Å². The second-order valence-corrected chi connectivity index (χ2v) is 6.66. The van der Waals surface area contributed by atoms with Gasteiger partial charge in [-0.2, -0.15) is 0 Å². The molecule has 1 heterocycles. The number of ether oxygens (including phenoxy) is 2. The van der Waals surface area contributed by atoms with Crippen molar-refractivity contribution in [1.82, 2.24) is 0 Å². The molecule has 6 heteroatoms. The lowest BCUT2D eigenvalue weighted by Gasteiger charge is -2.07. The lowest BCUT2D eigenvalue weighted by atomic mass is 10.1. The van der Waals surface area contributed by atoms with E-state index in [-0.39, 0.29) is 11.7 Å². The third-order valence-corrected chi connectivity index (χ3v) is 4.75. The second-order valence-electron chi connectivity index (χ2n) is 4.86. The summed E-state index contributed by atoms with van der Waals surface area (Å²) in [5.74, 6) is 0.751. The molecule has 2 aromatic rings. The maximum absolute atomic E-state index is 12.4. The molecular formula is C17H13ClO4S. The average Bonchev–Trinajstić information content (AvgIpc) is 2.92. The molecule has 23 heavy (non-hydrogen) atoms. The van der Waals surface area contributed by atoms with Crippen LogP contribution in [0.2, 0.25) is 5.02 Å². The van der Waals surface area contributed by atoms with Gasteiger partial charge < -0.3 is 9.47 Å². The van der Waals surface area contributed by atoms with E-state index in [9.17, 15) is 9.00 Å². The number of rotatable bonds is 4. The predicted molar refractivity (Wildman–Crippen MR) is 89.7 cm³/mol. The van der Waals surface area contributed by atoms with E-state index in [1.807, 2.05) is 12.1 Å². The van der Waals surface area contributed by atoms with Gasteiger partial charge in [0.1, 0.15) is 11.5 Å². The summed E-state index contributed by atoms with van der Waals surface area (Å²) in [6.07, 6.45) is 3.11. The van der Waals surface area contributed by atoms with Crippen molar-refractivity contribution in [2.75, 3.05) is 13.0 Å². The zero-order chi connectivity index (χ0) is 16.4. The normalized spacial score (nSPS) is 16.2. The van der Waals surface area contributed by atoms with Crippen LogP contribution in [0.25, 0.3) is 6.08 Å². The predicted octanol–water partition coefficient (Wildman–Crippen LogP) is 3.70. The number of hydrogen-bond donors (Lipinski definition) is 0. The van der Waals surface area contributed by atoms with E-state index >= 15 is 0 Å². The van der Waals surface area contributed by atoms with Crippen molar-refractivity contribution in [2.45, 2.75) is 4.90 Å². The van der Waals surface area contributed by atoms with Crippen LogP contribution >= 0.6 is 11.6 Å². The van der Waals surface area contributed by atoms with Gasteiger partial charge in [-0.1, -0.05) is 29.8 Å². The number of hydrogen-bond acceptors (Lipinski definition) is 4. The Morgan fingerprint density at radius 3 is 2.91 bits per heavy atom. The molecule has 0 aromatic heterocycles. The monoisotopic (exact) mass is 348 g/mol. The number of methoxy groups -OCH3 is 1. The van der Waals surface area contributed by atoms with Crippen molar-refractivity contribution < 1.29 is 18.5 Å². The quantitative estimate of drug-likeness (QED) is 0.624. The summed E-state index contributed by atoms with van der Waals surface area (Å²) in [6, 6.07) is 10.3. The van der Waals surface area contributed by atoms with Gasteiger partial charge in [-0.25, -0.2) is 0 Å². The van der Waals surface area contributed by atoms with E-state index in [1.165, 1.54) is 13.2 Å². The largest absolute Gasteiger partial charge is 0.496 e. The molecule has 2 aromatic carbocycles. The zero-order valence-electron chi connectivity index (χ0n) is 12.2. The molecule has 0 fully saturated rings. The van der Waals surface area contributed by atoms with E-state index < -0.39 is 10.8 Å². The van der Waals surface area contributed by atoms with Gasteiger partial charge in [0, 0.05) is 11.1 Å². The molecular weight excluding hydrogens is 336 g/mol. The lowest BCUT2D eigenvalue weighted by Crippen LogP contribution is -2.00. The van der Waals surface area contributed by atoms with Crippen LogP contribution in [0.5, 0.6) is 11.5 Å². The maximum atomic E-state index is 12.4. The minimum absolute atomic E-state index is 0.106. The first-order valence-electron chi connectivity index (χ1n) is 6.79. The van der Waals surface area contributed by atoms with Crippen LogP contribution in [0.15, 0.2) is 47.4 Å². The van der Waals surface area contributed by atoms with Gasteiger partial charge >= 0.3 is 0 Å². The molecule has 3 rings (SSSR count). The Hall–Kier alpha value is -2.11. The molecule has 1 atom stereocenters. The summed E-state index contributed by atoms with van der Waals surface area (Å²) in [6.45, 7) is 0. The van der Waals surface area contributed by atoms with Gasteiger partial charge in [0.2, 0.25) is 0 Å². The summed E-state index contributed by atoms with van der Waals surface area (Å²) < 4.78 is 22.4. The maximum Gasteiger partial charge on any atom is 0.189 e. The van der Waals surface area contributed by atoms with Crippen molar-refractivity contribution in [3.63, 3.8) is 0 Å². The molecule has 0 N–H and O–H groups in total. The van der Waals surface area contributed by atoms with Crippen molar-refractivity contribution in [3.8, 4) is 11.5 Å². The number of ketones is 1. The summed E-state index contributed by atoms with van der Waals surface area (Å²) in [5.41, 5.74) is 1.17. The first-order valence-corrected chi connectivity index (χ1v) is 8.49. The molecule has 1 unspecified atom stereocenters. The SMILES string of the molecule is COc1cc2c(cc1C(=O)C=Cc1cccc(Cl)c1)S(=O)CO2. The molecule has 0 saturated carbocycles. The van der Waals surface area contributed by atoms with Gasteiger partial charge in [-0.15, -0.1) is 0 Å². The number of halogens is 1. The van der Waals surface area contributed by atoms with E-state index in [2.05, 4.69) is 0 Å². The van der Waals surface area contributed by atoms with E-state index in [0.29, 0.717) is 27.0 Å². The van der Waals surface area contributed by atoms with Gasteiger partial charge in [0.15, 0.2) is 11.7 Å². The highest BCUT2D eigenvalue weighted by Gasteiger charge is 2.24. The number of carbonyl (C=O) groups is 1. The van der Waals surface area contributed by atoms with Crippen molar-refractivity contribution in [3.05, 3.63) is 58.6 Å². The van der Waals surface area contributed by atoms with Crippen LogP contribution in [-0.2, 0) is 10.8 Å². The molecule has 0 saturated heterocycles. The van der Waals surface area contributed by atoms with E-state index in [1.54, 1.807) is 30.3 Å². The Bertz CT molecular complexity index is 829. The Labute approximate surface area is 141 Å². The molecule has 4 nitrogen and oxygen atoms in total. The van der Waals surface area contributed by atoms with E-state index in [4.69, 9.17) is 21.1 Å². The van der Waals surface area contributed by atoms with E-state index in [0.717, 1.165) is 5.56 Å². The molecule has 118 valence electrons. The molecule has 1 aliphatic rings. The molecule has 0 radical (unpaired) electrons. The highest BCUT2D eigenvalue weighted by atomic mass is 35.5. The summed E-state index contributed by atoms with van der Waals surface area (Å²) in [5, 5.41) is 0.599. The van der Waals surface area contributed by atoms with Crippen LogP contribution < -0.4 is 9.47 Å². The highest BCUT2D eigenvalue weighted by molar-refractivity contribution is 7.85. The second kappa shape index (κ2) is 6.56. The first-order chi connectivity index (χ1) is 11.1. The van der Waals surface area contributed by atoms with Crippen LogP contribution in [0.4, 0.5) is 0 Å². The minimum atomic E-state index is -1.25. The molecule has 0 amide bonds. The fourth-order valence-corrected chi connectivity index (χ4v) is 3.40. The average molecular weight is 349 g/mol. The fourth-order valence-electron chi connectivity index (χ4n) is 2.25. The standard InChI is InChI=1S/C17H13ClO4S/c1-21-15-9-16-17(23(20)10-22-16)8-13(15)14(19)6-5-11-3-2-4-12(18)7-11/h2-9H,10H2,1H3. The lowest BCUT2D eigenvalue weighted by molar-refractivity contribution is 0.104.